The topological polar surface area (TPSA) is 29.5 Å². The third kappa shape index (κ3) is 4.29. The molecule has 1 aromatic carbocycles. The fourth-order valence-corrected chi connectivity index (χ4v) is 2.72. The summed E-state index contributed by atoms with van der Waals surface area (Å²) in [6.07, 6.45) is 3.24. The molecule has 0 N–H and O–H groups in total. The first kappa shape index (κ1) is 16.0. The first-order valence-corrected chi connectivity index (χ1v) is 7.41. The van der Waals surface area contributed by atoms with E-state index in [1.54, 1.807) is 17.0 Å². The van der Waals surface area contributed by atoms with Crippen LogP contribution in [0.5, 0.6) is 0 Å². The van der Waals surface area contributed by atoms with E-state index >= 15 is 0 Å². The normalized spacial score (nSPS) is 18.3. The lowest BCUT2D eigenvalue weighted by Crippen LogP contribution is -2.36. The third-order valence-electron chi connectivity index (χ3n) is 3.63. The SMILES string of the molecule is C=CC(=O)N(Cc1c(F)cccc1Cl)CC1CCCOC1. The van der Waals surface area contributed by atoms with Gasteiger partial charge in [-0.3, -0.25) is 4.79 Å². The van der Waals surface area contributed by atoms with Gasteiger partial charge in [-0.2, -0.15) is 0 Å². The van der Waals surface area contributed by atoms with Crippen molar-refractivity contribution < 1.29 is 13.9 Å². The number of benzene rings is 1. The van der Waals surface area contributed by atoms with Gasteiger partial charge in [0.15, 0.2) is 0 Å². The minimum Gasteiger partial charge on any atom is -0.381 e. The minimum atomic E-state index is -0.399. The minimum absolute atomic E-state index is 0.146. The largest absolute Gasteiger partial charge is 0.381 e. The summed E-state index contributed by atoms with van der Waals surface area (Å²) in [5.74, 6) is -0.350. The molecule has 1 aromatic rings. The highest BCUT2D eigenvalue weighted by molar-refractivity contribution is 6.31. The van der Waals surface area contributed by atoms with Gasteiger partial charge in [0.2, 0.25) is 5.91 Å². The molecular formula is C16H19ClFNO2. The van der Waals surface area contributed by atoms with Gasteiger partial charge in [-0.05, 0) is 37.0 Å². The number of ether oxygens (including phenoxy) is 1. The van der Waals surface area contributed by atoms with Crippen LogP contribution in [0.4, 0.5) is 4.39 Å². The fraction of sp³-hybridized carbons (Fsp3) is 0.438. The summed E-state index contributed by atoms with van der Waals surface area (Å²) < 4.78 is 19.3. The summed E-state index contributed by atoms with van der Waals surface area (Å²) in [5, 5.41) is 0.330. The summed E-state index contributed by atoms with van der Waals surface area (Å²) in [4.78, 5) is 13.6. The Balaban J connectivity index is 2.12. The molecule has 0 spiro atoms. The summed E-state index contributed by atoms with van der Waals surface area (Å²) in [7, 11) is 0. The van der Waals surface area contributed by atoms with Crippen LogP contribution in [0.15, 0.2) is 30.9 Å². The quantitative estimate of drug-likeness (QED) is 0.780. The molecule has 0 bridgehead atoms. The van der Waals surface area contributed by atoms with Crippen molar-refractivity contribution in [3.8, 4) is 0 Å². The van der Waals surface area contributed by atoms with Crippen LogP contribution in [0.2, 0.25) is 5.02 Å². The van der Waals surface area contributed by atoms with Crippen molar-refractivity contribution in [3.05, 3.63) is 47.3 Å². The van der Waals surface area contributed by atoms with Crippen LogP contribution in [-0.4, -0.2) is 30.6 Å². The van der Waals surface area contributed by atoms with E-state index in [0.717, 1.165) is 19.4 Å². The predicted molar refractivity (Wildman–Crippen MR) is 80.6 cm³/mol. The average molecular weight is 312 g/mol. The van der Waals surface area contributed by atoms with Crippen molar-refractivity contribution in [2.75, 3.05) is 19.8 Å². The molecule has 1 heterocycles. The number of carbonyl (C=O) groups is 1. The highest BCUT2D eigenvalue weighted by atomic mass is 35.5. The van der Waals surface area contributed by atoms with E-state index in [1.165, 1.54) is 12.1 Å². The van der Waals surface area contributed by atoms with Crippen LogP contribution in [0.3, 0.4) is 0 Å². The maximum absolute atomic E-state index is 13.9. The Kier molecular flexibility index (Phi) is 5.76. The van der Waals surface area contributed by atoms with E-state index in [4.69, 9.17) is 16.3 Å². The molecule has 1 amide bonds. The molecule has 3 nitrogen and oxygen atoms in total. The molecule has 0 radical (unpaired) electrons. The lowest BCUT2D eigenvalue weighted by Gasteiger charge is -2.29. The van der Waals surface area contributed by atoms with Gasteiger partial charge in [0, 0.05) is 23.7 Å². The van der Waals surface area contributed by atoms with Gasteiger partial charge in [0.1, 0.15) is 5.82 Å². The first-order chi connectivity index (χ1) is 10.1. The second-order valence-electron chi connectivity index (χ2n) is 5.21. The van der Waals surface area contributed by atoms with Crippen molar-refractivity contribution in [1.29, 1.82) is 0 Å². The van der Waals surface area contributed by atoms with E-state index in [2.05, 4.69) is 6.58 Å². The third-order valence-corrected chi connectivity index (χ3v) is 3.98. The zero-order valence-electron chi connectivity index (χ0n) is 11.9. The lowest BCUT2D eigenvalue weighted by molar-refractivity contribution is -0.128. The van der Waals surface area contributed by atoms with Crippen molar-refractivity contribution in [1.82, 2.24) is 4.90 Å². The zero-order valence-corrected chi connectivity index (χ0v) is 12.6. The van der Waals surface area contributed by atoms with Gasteiger partial charge < -0.3 is 9.64 Å². The Hall–Kier alpha value is -1.39. The van der Waals surface area contributed by atoms with Crippen LogP contribution >= 0.6 is 11.6 Å². The average Bonchev–Trinajstić information content (AvgIpc) is 2.50. The molecule has 21 heavy (non-hydrogen) atoms. The number of nitrogens with zero attached hydrogens (tertiary/aromatic N) is 1. The Labute approximate surface area is 129 Å². The number of halogens is 2. The molecule has 1 fully saturated rings. The Bertz CT molecular complexity index is 495. The summed E-state index contributed by atoms with van der Waals surface area (Å²) >= 11 is 6.04. The molecule has 1 atom stereocenters. The van der Waals surface area contributed by atoms with Gasteiger partial charge >= 0.3 is 0 Å². The number of rotatable bonds is 5. The summed E-state index contributed by atoms with van der Waals surface area (Å²) in [6.45, 7) is 5.58. The van der Waals surface area contributed by atoms with Gasteiger partial charge in [-0.15, -0.1) is 0 Å². The molecule has 0 aromatic heterocycles. The van der Waals surface area contributed by atoms with Gasteiger partial charge in [0.05, 0.1) is 13.2 Å². The highest BCUT2D eigenvalue weighted by Crippen LogP contribution is 2.23. The lowest BCUT2D eigenvalue weighted by atomic mass is 10.0. The number of amides is 1. The molecule has 1 unspecified atom stereocenters. The zero-order chi connectivity index (χ0) is 15.2. The smallest absolute Gasteiger partial charge is 0.246 e. The molecule has 1 aliphatic heterocycles. The number of hydrogen-bond acceptors (Lipinski definition) is 2. The molecular weight excluding hydrogens is 293 g/mol. The molecule has 5 heteroatoms. The molecule has 2 rings (SSSR count). The molecule has 0 aliphatic carbocycles. The number of hydrogen-bond donors (Lipinski definition) is 0. The van der Waals surface area contributed by atoms with Crippen molar-refractivity contribution >= 4 is 17.5 Å². The molecule has 114 valence electrons. The van der Waals surface area contributed by atoms with Crippen LogP contribution in [0, 0.1) is 11.7 Å². The second kappa shape index (κ2) is 7.57. The number of carbonyl (C=O) groups excluding carboxylic acids is 1. The van der Waals surface area contributed by atoms with E-state index in [9.17, 15) is 9.18 Å². The van der Waals surface area contributed by atoms with Gasteiger partial charge in [0.25, 0.3) is 0 Å². The van der Waals surface area contributed by atoms with Crippen LogP contribution in [-0.2, 0) is 16.1 Å². The highest BCUT2D eigenvalue weighted by Gasteiger charge is 2.22. The van der Waals surface area contributed by atoms with Gasteiger partial charge in [-0.25, -0.2) is 4.39 Å². The Morgan fingerprint density at radius 1 is 1.57 bits per heavy atom. The van der Waals surface area contributed by atoms with Gasteiger partial charge in [-0.1, -0.05) is 24.2 Å². The maximum Gasteiger partial charge on any atom is 0.246 e. The fourth-order valence-electron chi connectivity index (χ4n) is 2.50. The van der Waals surface area contributed by atoms with Crippen molar-refractivity contribution in [2.45, 2.75) is 19.4 Å². The standard InChI is InChI=1S/C16H19ClFNO2/c1-2-16(20)19(9-12-5-4-8-21-11-12)10-13-14(17)6-3-7-15(13)18/h2-3,6-7,12H,1,4-5,8-11H2. The monoisotopic (exact) mass is 311 g/mol. The molecule has 1 aliphatic rings. The Morgan fingerprint density at radius 3 is 3.00 bits per heavy atom. The first-order valence-electron chi connectivity index (χ1n) is 7.03. The van der Waals surface area contributed by atoms with E-state index in [0.29, 0.717) is 23.7 Å². The van der Waals surface area contributed by atoms with Crippen molar-refractivity contribution in [2.24, 2.45) is 5.92 Å². The molecule has 1 saturated heterocycles. The van der Waals surface area contributed by atoms with Crippen LogP contribution < -0.4 is 0 Å². The van der Waals surface area contributed by atoms with E-state index in [1.807, 2.05) is 0 Å². The summed E-state index contributed by atoms with van der Waals surface area (Å²) in [6, 6.07) is 4.53. The Morgan fingerprint density at radius 2 is 2.38 bits per heavy atom. The maximum atomic E-state index is 13.9. The molecule has 0 saturated carbocycles. The van der Waals surface area contributed by atoms with Crippen molar-refractivity contribution in [3.63, 3.8) is 0 Å². The predicted octanol–water partition coefficient (Wildman–Crippen LogP) is 3.42. The van der Waals surface area contributed by atoms with Crippen LogP contribution in [0.1, 0.15) is 18.4 Å². The summed E-state index contributed by atoms with van der Waals surface area (Å²) in [5.41, 5.74) is 0.339. The van der Waals surface area contributed by atoms with Crippen LogP contribution in [0.25, 0.3) is 0 Å². The van der Waals surface area contributed by atoms with E-state index in [-0.39, 0.29) is 18.4 Å². The second-order valence-corrected chi connectivity index (χ2v) is 5.61. The van der Waals surface area contributed by atoms with E-state index < -0.39 is 5.82 Å².